The highest BCUT2D eigenvalue weighted by Gasteiger charge is 2.43. The molecule has 1 aromatic carbocycles. The number of carbonyl (C=O) groups excluding carboxylic acids is 1. The summed E-state index contributed by atoms with van der Waals surface area (Å²) in [5.41, 5.74) is 0.223. The van der Waals surface area contributed by atoms with Gasteiger partial charge in [0.2, 0.25) is 0 Å². The molecule has 0 radical (unpaired) electrons. The number of aryl methyl sites for hydroxylation is 1. The van der Waals surface area contributed by atoms with Crippen LogP contribution in [0.5, 0.6) is 5.75 Å². The van der Waals surface area contributed by atoms with E-state index in [0.29, 0.717) is 12.1 Å². The molecule has 1 saturated heterocycles. The Hall–Kier alpha value is -2.34. The molecule has 1 aliphatic heterocycles. The van der Waals surface area contributed by atoms with Crippen molar-refractivity contribution in [1.29, 1.82) is 0 Å². The first-order valence-electron chi connectivity index (χ1n) is 8.67. The zero-order valence-electron chi connectivity index (χ0n) is 15.0. The van der Waals surface area contributed by atoms with Crippen LogP contribution in [-0.2, 0) is 12.1 Å². The number of carbonyl (C=O) groups is 1. The minimum atomic E-state index is -1.13. The van der Waals surface area contributed by atoms with Crippen molar-refractivity contribution in [3.8, 4) is 5.75 Å². The molecule has 134 valence electrons. The zero-order chi connectivity index (χ0) is 18.0. The van der Waals surface area contributed by atoms with Crippen molar-refractivity contribution in [2.75, 3.05) is 13.7 Å². The van der Waals surface area contributed by atoms with Gasteiger partial charge in [-0.25, -0.2) is 0 Å². The predicted molar refractivity (Wildman–Crippen MR) is 94.5 cm³/mol. The Kier molecular flexibility index (Phi) is 4.81. The molecule has 1 aliphatic rings. The van der Waals surface area contributed by atoms with Crippen molar-refractivity contribution < 1.29 is 14.6 Å². The number of likely N-dealkylation sites (tertiary alicyclic amines) is 1. The van der Waals surface area contributed by atoms with Gasteiger partial charge in [0.1, 0.15) is 11.4 Å². The summed E-state index contributed by atoms with van der Waals surface area (Å²) in [6, 6.07) is 7.11. The van der Waals surface area contributed by atoms with E-state index in [1.807, 2.05) is 31.2 Å². The molecule has 6 heteroatoms. The Morgan fingerprint density at radius 2 is 2.12 bits per heavy atom. The third-order valence-corrected chi connectivity index (χ3v) is 5.04. The molecule has 2 heterocycles. The number of hydrogen-bond donors (Lipinski definition) is 1. The van der Waals surface area contributed by atoms with Gasteiger partial charge in [-0.3, -0.25) is 9.48 Å². The van der Waals surface area contributed by atoms with Crippen molar-refractivity contribution in [2.45, 2.75) is 44.9 Å². The molecule has 0 saturated carbocycles. The highest BCUT2D eigenvalue weighted by molar-refractivity contribution is 5.94. The van der Waals surface area contributed by atoms with Crippen LogP contribution in [-0.4, -0.2) is 45.4 Å². The van der Waals surface area contributed by atoms with E-state index in [1.54, 1.807) is 36.0 Å². The van der Waals surface area contributed by atoms with E-state index in [9.17, 15) is 9.90 Å². The first-order chi connectivity index (χ1) is 12.0. The second-order valence-electron chi connectivity index (χ2n) is 6.62. The van der Waals surface area contributed by atoms with Crippen LogP contribution in [0.3, 0.4) is 0 Å². The molecule has 0 unspecified atom stereocenters. The van der Waals surface area contributed by atoms with Crippen LogP contribution >= 0.6 is 0 Å². The van der Waals surface area contributed by atoms with Gasteiger partial charge in [-0.15, -0.1) is 0 Å². The molecule has 1 N–H and O–H groups in total. The molecule has 1 aromatic heterocycles. The molecule has 0 bridgehead atoms. The number of nitrogens with zero attached hydrogens (tertiary/aromatic N) is 3. The van der Waals surface area contributed by atoms with Crippen LogP contribution in [0.25, 0.3) is 0 Å². The van der Waals surface area contributed by atoms with Crippen molar-refractivity contribution >= 4 is 5.91 Å². The fourth-order valence-electron chi connectivity index (χ4n) is 3.53. The number of rotatable bonds is 5. The second kappa shape index (κ2) is 6.88. The third-order valence-electron chi connectivity index (χ3n) is 5.04. The molecule has 0 spiro atoms. The molecule has 2 atom stereocenters. The van der Waals surface area contributed by atoms with Gasteiger partial charge in [0.05, 0.1) is 24.9 Å². The van der Waals surface area contributed by atoms with Gasteiger partial charge in [0.15, 0.2) is 0 Å². The summed E-state index contributed by atoms with van der Waals surface area (Å²) >= 11 is 0. The molecule has 0 aliphatic carbocycles. The summed E-state index contributed by atoms with van der Waals surface area (Å²) in [7, 11) is 1.61. The Balaban J connectivity index is 1.85. The van der Waals surface area contributed by atoms with E-state index in [1.165, 1.54) is 0 Å². The van der Waals surface area contributed by atoms with E-state index in [-0.39, 0.29) is 11.9 Å². The van der Waals surface area contributed by atoms with Gasteiger partial charge in [-0.1, -0.05) is 12.1 Å². The van der Waals surface area contributed by atoms with Gasteiger partial charge in [0, 0.05) is 19.3 Å². The summed E-state index contributed by atoms with van der Waals surface area (Å²) in [5, 5.41) is 15.4. The lowest BCUT2D eigenvalue weighted by molar-refractivity contribution is -0.0177. The summed E-state index contributed by atoms with van der Waals surface area (Å²) in [4.78, 5) is 14.7. The molecule has 3 rings (SSSR count). The molecular formula is C19H25N3O3. The van der Waals surface area contributed by atoms with Crippen molar-refractivity contribution in [1.82, 2.24) is 14.7 Å². The summed E-state index contributed by atoms with van der Waals surface area (Å²) < 4.78 is 6.92. The lowest BCUT2D eigenvalue weighted by atomic mass is 9.86. The van der Waals surface area contributed by atoms with E-state index in [4.69, 9.17) is 4.74 Å². The fraction of sp³-hybridized carbons (Fsp3) is 0.474. The topological polar surface area (TPSA) is 67.6 Å². The highest BCUT2D eigenvalue weighted by Crippen LogP contribution is 2.36. The van der Waals surface area contributed by atoms with E-state index >= 15 is 0 Å². The Labute approximate surface area is 148 Å². The Morgan fingerprint density at radius 3 is 2.72 bits per heavy atom. The molecule has 1 amide bonds. The fourth-order valence-corrected chi connectivity index (χ4v) is 3.53. The maximum absolute atomic E-state index is 12.9. The van der Waals surface area contributed by atoms with Crippen LogP contribution < -0.4 is 4.74 Å². The van der Waals surface area contributed by atoms with Crippen molar-refractivity contribution in [2.24, 2.45) is 0 Å². The normalized spacial score (nSPS) is 19.7. The van der Waals surface area contributed by atoms with E-state index < -0.39 is 5.60 Å². The first kappa shape index (κ1) is 17.5. The first-order valence-corrected chi connectivity index (χ1v) is 8.67. The maximum atomic E-state index is 12.9. The SMILES string of the molecule is CCn1cc(C(=O)N2CCC[C@@H]2[C@](C)(O)c2ccc(OC)cc2)cn1. The minimum absolute atomic E-state index is 0.0732. The lowest BCUT2D eigenvalue weighted by Gasteiger charge is -2.37. The predicted octanol–water partition coefficient (Wildman–Crippen LogP) is 2.42. The van der Waals surface area contributed by atoms with Gasteiger partial charge in [-0.2, -0.15) is 5.10 Å². The van der Waals surface area contributed by atoms with Crippen LogP contribution in [0.2, 0.25) is 0 Å². The molecule has 1 fully saturated rings. The number of benzene rings is 1. The van der Waals surface area contributed by atoms with Crippen molar-refractivity contribution in [3.05, 3.63) is 47.8 Å². The maximum Gasteiger partial charge on any atom is 0.257 e. The number of hydrogen-bond acceptors (Lipinski definition) is 4. The summed E-state index contributed by atoms with van der Waals surface area (Å²) in [6.07, 6.45) is 5.01. The molecule has 6 nitrogen and oxygen atoms in total. The Morgan fingerprint density at radius 1 is 1.40 bits per heavy atom. The number of aliphatic hydroxyl groups is 1. The van der Waals surface area contributed by atoms with Gasteiger partial charge in [-0.05, 0) is 44.4 Å². The third kappa shape index (κ3) is 3.26. The Bertz CT molecular complexity index is 737. The van der Waals surface area contributed by atoms with Crippen LogP contribution in [0.4, 0.5) is 0 Å². The molecule has 2 aromatic rings. The average Bonchev–Trinajstić information content (AvgIpc) is 3.30. The number of aromatic nitrogens is 2. The smallest absolute Gasteiger partial charge is 0.257 e. The number of methoxy groups -OCH3 is 1. The second-order valence-corrected chi connectivity index (χ2v) is 6.62. The zero-order valence-corrected chi connectivity index (χ0v) is 15.0. The quantitative estimate of drug-likeness (QED) is 0.905. The highest BCUT2D eigenvalue weighted by atomic mass is 16.5. The molecule has 25 heavy (non-hydrogen) atoms. The van der Waals surface area contributed by atoms with Gasteiger partial charge < -0.3 is 14.7 Å². The van der Waals surface area contributed by atoms with Crippen molar-refractivity contribution in [3.63, 3.8) is 0 Å². The summed E-state index contributed by atoms with van der Waals surface area (Å²) in [6.45, 7) is 5.13. The largest absolute Gasteiger partial charge is 0.497 e. The van der Waals surface area contributed by atoms with Crippen LogP contribution in [0.1, 0.15) is 42.6 Å². The van der Waals surface area contributed by atoms with Gasteiger partial charge >= 0.3 is 0 Å². The lowest BCUT2D eigenvalue weighted by Crippen LogP contribution is -2.48. The standard InChI is InChI=1S/C19H25N3O3/c1-4-21-13-14(12-20-21)18(23)22-11-5-6-17(22)19(2,24)15-7-9-16(25-3)10-8-15/h7-10,12-13,17,24H,4-6,11H2,1-3H3/t17-,19-/m1/s1. The van der Waals surface area contributed by atoms with E-state index in [2.05, 4.69) is 5.10 Å². The monoisotopic (exact) mass is 343 g/mol. The average molecular weight is 343 g/mol. The van der Waals surface area contributed by atoms with E-state index in [0.717, 1.165) is 30.7 Å². The number of amides is 1. The summed E-state index contributed by atoms with van der Waals surface area (Å²) in [5.74, 6) is 0.668. The van der Waals surface area contributed by atoms with Gasteiger partial charge in [0.25, 0.3) is 5.91 Å². The van der Waals surface area contributed by atoms with Crippen LogP contribution in [0.15, 0.2) is 36.7 Å². The number of ether oxygens (including phenoxy) is 1. The van der Waals surface area contributed by atoms with Crippen LogP contribution in [0, 0.1) is 0 Å². The molecular weight excluding hydrogens is 318 g/mol. The minimum Gasteiger partial charge on any atom is -0.497 e.